The number of aromatic hydroxyl groups is 1. The van der Waals surface area contributed by atoms with E-state index in [-0.39, 0.29) is 30.5 Å². The van der Waals surface area contributed by atoms with Gasteiger partial charge in [-0.3, -0.25) is 4.79 Å². The van der Waals surface area contributed by atoms with Crippen LogP contribution in [0.1, 0.15) is 45.9 Å². The standard InChI is InChI=1S/C32H29N5O5S/c38-19-21-6-8-22(9-7-21)29-18-28(20-43-32-34-35-36-37(32)26-14-16-27(39)17-15-26)41-31(42-29)24-10-12-25(13-11-24)33-30(40)23-4-2-1-3-5-23/h1-17,28-29,31,38-39H,18-20H2,(H,33,40)/t28-,29+,31+/m0/s1. The van der Waals surface area contributed by atoms with Crippen LogP contribution in [0, 0.1) is 0 Å². The van der Waals surface area contributed by atoms with E-state index in [1.165, 1.54) is 11.8 Å². The largest absolute Gasteiger partial charge is 0.508 e. The predicted octanol–water partition coefficient (Wildman–Crippen LogP) is 5.45. The van der Waals surface area contributed by atoms with Gasteiger partial charge in [0.1, 0.15) is 5.75 Å². The van der Waals surface area contributed by atoms with Gasteiger partial charge in [-0.25, -0.2) is 0 Å². The molecule has 0 bridgehead atoms. The maximum absolute atomic E-state index is 12.6. The Bertz CT molecular complexity index is 1650. The van der Waals surface area contributed by atoms with Crippen LogP contribution in [0.4, 0.5) is 5.69 Å². The summed E-state index contributed by atoms with van der Waals surface area (Å²) in [5.41, 5.74) is 4.61. The summed E-state index contributed by atoms with van der Waals surface area (Å²) in [7, 11) is 0. The molecule has 5 aromatic rings. The Hall–Kier alpha value is -4.55. The molecule has 0 saturated carbocycles. The quantitative estimate of drug-likeness (QED) is 0.190. The highest BCUT2D eigenvalue weighted by molar-refractivity contribution is 7.99. The summed E-state index contributed by atoms with van der Waals surface area (Å²) in [5, 5.41) is 34.8. The van der Waals surface area contributed by atoms with E-state index in [0.717, 1.165) is 22.4 Å². The average molecular weight is 596 g/mol. The van der Waals surface area contributed by atoms with Crippen LogP contribution in [0.2, 0.25) is 0 Å². The first-order chi connectivity index (χ1) is 21.1. The Balaban J connectivity index is 1.18. The van der Waals surface area contributed by atoms with E-state index in [1.807, 2.05) is 66.7 Å². The Morgan fingerprint density at radius 1 is 0.907 bits per heavy atom. The number of rotatable bonds is 9. The van der Waals surface area contributed by atoms with Crippen molar-refractivity contribution in [2.75, 3.05) is 11.1 Å². The van der Waals surface area contributed by atoms with Crippen molar-refractivity contribution in [2.24, 2.45) is 0 Å². The minimum atomic E-state index is -0.645. The SMILES string of the molecule is O=C(Nc1ccc([C@@H]2O[C@H](CSc3nnnn3-c3ccc(O)cc3)C[C@H](c3ccc(CO)cc3)O2)cc1)c1ccccc1. The monoisotopic (exact) mass is 595 g/mol. The van der Waals surface area contributed by atoms with Crippen LogP contribution >= 0.6 is 11.8 Å². The third-order valence-electron chi connectivity index (χ3n) is 7.03. The van der Waals surface area contributed by atoms with Crippen molar-refractivity contribution in [3.63, 3.8) is 0 Å². The number of hydrogen-bond donors (Lipinski definition) is 3. The molecule has 1 aromatic heterocycles. The summed E-state index contributed by atoms with van der Waals surface area (Å²) in [4.78, 5) is 12.6. The molecule has 0 radical (unpaired) electrons. The topological polar surface area (TPSA) is 132 Å². The Kier molecular flexibility index (Phi) is 8.75. The van der Waals surface area contributed by atoms with Gasteiger partial charge in [0.2, 0.25) is 5.16 Å². The molecular formula is C32H29N5O5S. The van der Waals surface area contributed by atoms with Gasteiger partial charge in [0.05, 0.1) is 24.5 Å². The van der Waals surface area contributed by atoms with E-state index in [4.69, 9.17) is 9.47 Å². The molecule has 10 nitrogen and oxygen atoms in total. The van der Waals surface area contributed by atoms with Crippen LogP contribution in [0.25, 0.3) is 5.69 Å². The van der Waals surface area contributed by atoms with Gasteiger partial charge in [-0.1, -0.05) is 66.4 Å². The molecule has 0 aliphatic carbocycles. The number of benzene rings is 4. The number of tetrazole rings is 1. The zero-order valence-electron chi connectivity index (χ0n) is 23.0. The maximum Gasteiger partial charge on any atom is 0.255 e. The van der Waals surface area contributed by atoms with Gasteiger partial charge in [0, 0.05) is 29.0 Å². The summed E-state index contributed by atoms with van der Waals surface area (Å²) in [5.74, 6) is 0.545. The van der Waals surface area contributed by atoms with Crippen LogP contribution < -0.4 is 5.32 Å². The fourth-order valence-corrected chi connectivity index (χ4v) is 5.64. The smallest absolute Gasteiger partial charge is 0.255 e. The van der Waals surface area contributed by atoms with Crippen LogP contribution in [-0.2, 0) is 16.1 Å². The molecule has 1 saturated heterocycles. The number of nitrogens with one attached hydrogen (secondary N) is 1. The summed E-state index contributed by atoms with van der Waals surface area (Å²) in [6, 6.07) is 30.9. The maximum atomic E-state index is 12.6. The first-order valence-corrected chi connectivity index (χ1v) is 14.7. The fourth-order valence-electron chi connectivity index (χ4n) is 4.73. The van der Waals surface area contributed by atoms with Crippen LogP contribution in [0.15, 0.2) is 108 Å². The van der Waals surface area contributed by atoms with Gasteiger partial charge in [-0.2, -0.15) is 4.68 Å². The summed E-state index contributed by atoms with van der Waals surface area (Å²) < 4.78 is 14.5. The molecule has 2 heterocycles. The minimum Gasteiger partial charge on any atom is -0.508 e. The van der Waals surface area contributed by atoms with Crippen molar-refractivity contribution in [3.05, 3.63) is 125 Å². The number of hydrogen-bond acceptors (Lipinski definition) is 9. The Morgan fingerprint density at radius 2 is 1.63 bits per heavy atom. The van der Waals surface area contributed by atoms with Crippen LogP contribution in [-0.4, -0.2) is 48.2 Å². The summed E-state index contributed by atoms with van der Waals surface area (Å²) in [6.45, 7) is -0.0281. The van der Waals surface area contributed by atoms with Crippen molar-refractivity contribution < 1.29 is 24.5 Å². The van der Waals surface area contributed by atoms with Gasteiger partial charge in [0.25, 0.3) is 5.91 Å². The second kappa shape index (κ2) is 13.2. The van der Waals surface area contributed by atoms with Gasteiger partial charge in [-0.15, -0.1) is 5.10 Å². The number of aliphatic hydroxyl groups is 1. The predicted molar refractivity (Wildman–Crippen MR) is 161 cm³/mol. The van der Waals surface area contributed by atoms with Crippen LogP contribution in [0.5, 0.6) is 5.75 Å². The molecule has 1 aliphatic rings. The molecule has 3 atom stereocenters. The number of carbonyl (C=O) groups excluding carboxylic acids is 1. The second-order valence-electron chi connectivity index (χ2n) is 9.99. The highest BCUT2D eigenvalue weighted by atomic mass is 32.2. The number of anilines is 1. The zero-order valence-corrected chi connectivity index (χ0v) is 23.8. The van der Waals surface area contributed by atoms with Gasteiger partial charge >= 0.3 is 0 Å². The molecule has 0 spiro atoms. The zero-order chi connectivity index (χ0) is 29.6. The molecule has 3 N–H and O–H groups in total. The van der Waals surface area contributed by atoms with E-state index < -0.39 is 6.29 Å². The molecule has 0 unspecified atom stereocenters. The lowest BCUT2D eigenvalue weighted by Gasteiger charge is -2.36. The fraction of sp³-hybridized carbons (Fsp3) is 0.188. The van der Waals surface area contributed by atoms with Crippen LogP contribution in [0.3, 0.4) is 0 Å². The highest BCUT2D eigenvalue weighted by Crippen LogP contribution is 2.39. The first-order valence-electron chi connectivity index (χ1n) is 13.7. The average Bonchev–Trinajstić information content (AvgIpc) is 3.53. The Morgan fingerprint density at radius 3 is 2.35 bits per heavy atom. The number of phenols is 1. The third kappa shape index (κ3) is 6.92. The number of carbonyl (C=O) groups is 1. The lowest BCUT2D eigenvalue weighted by atomic mass is 10.0. The summed E-state index contributed by atoms with van der Waals surface area (Å²) >= 11 is 1.47. The second-order valence-corrected chi connectivity index (χ2v) is 11.0. The highest BCUT2D eigenvalue weighted by Gasteiger charge is 2.32. The number of ether oxygens (including phenoxy) is 2. The third-order valence-corrected chi connectivity index (χ3v) is 8.08. The Labute approximate surface area is 252 Å². The molecule has 1 amide bonds. The van der Waals surface area contributed by atoms with E-state index in [9.17, 15) is 15.0 Å². The molecule has 4 aromatic carbocycles. The number of aliphatic hydroxyl groups excluding tert-OH is 1. The number of nitrogens with zero attached hydrogens (tertiary/aromatic N) is 4. The molecule has 1 fully saturated rings. The van der Waals surface area contributed by atoms with Crippen molar-refractivity contribution in [2.45, 2.75) is 36.7 Å². The number of amides is 1. The van der Waals surface area contributed by atoms with Crippen molar-refractivity contribution in [1.29, 1.82) is 0 Å². The number of aromatic nitrogens is 4. The molecule has 1 aliphatic heterocycles. The van der Waals surface area contributed by atoms with E-state index in [2.05, 4.69) is 20.8 Å². The van der Waals surface area contributed by atoms with Gasteiger partial charge < -0.3 is 25.0 Å². The molecule has 43 heavy (non-hydrogen) atoms. The lowest BCUT2D eigenvalue weighted by Crippen LogP contribution is -2.31. The van der Waals surface area contributed by atoms with Gasteiger partial charge in [0.15, 0.2) is 6.29 Å². The van der Waals surface area contributed by atoms with E-state index >= 15 is 0 Å². The molecule has 11 heteroatoms. The number of thioether (sulfide) groups is 1. The number of phenolic OH excluding ortho intramolecular Hbond substituents is 1. The summed E-state index contributed by atoms with van der Waals surface area (Å²) in [6.07, 6.45) is -0.487. The van der Waals surface area contributed by atoms with Crippen molar-refractivity contribution >= 4 is 23.4 Å². The lowest BCUT2D eigenvalue weighted by molar-refractivity contribution is -0.245. The van der Waals surface area contributed by atoms with Crippen molar-refractivity contribution in [3.8, 4) is 11.4 Å². The first kappa shape index (κ1) is 28.6. The van der Waals surface area contributed by atoms with E-state index in [0.29, 0.717) is 28.6 Å². The molecule has 218 valence electrons. The minimum absolute atomic E-state index is 0.0281. The normalized spacial score (nSPS) is 18.3. The molecule has 6 rings (SSSR count). The molecular weight excluding hydrogens is 566 g/mol. The van der Waals surface area contributed by atoms with Crippen molar-refractivity contribution in [1.82, 2.24) is 20.2 Å². The van der Waals surface area contributed by atoms with Gasteiger partial charge in [-0.05, 0) is 70.1 Å². The van der Waals surface area contributed by atoms with E-state index in [1.54, 1.807) is 41.1 Å².